The Bertz CT molecular complexity index is 305. The van der Waals surface area contributed by atoms with Crippen molar-refractivity contribution in [3.8, 4) is 5.75 Å². The van der Waals surface area contributed by atoms with Gasteiger partial charge in [0.15, 0.2) is 5.75 Å². The summed E-state index contributed by atoms with van der Waals surface area (Å²) in [6.07, 6.45) is 3.33. The summed E-state index contributed by atoms with van der Waals surface area (Å²) in [5, 5.41) is 2.99. The van der Waals surface area contributed by atoms with Gasteiger partial charge >= 0.3 is 0 Å². The van der Waals surface area contributed by atoms with Gasteiger partial charge in [-0.3, -0.25) is 0 Å². The van der Waals surface area contributed by atoms with Crippen LogP contribution in [0.1, 0.15) is 20.8 Å². The van der Waals surface area contributed by atoms with Crippen molar-refractivity contribution in [3.05, 3.63) is 12.4 Å². The van der Waals surface area contributed by atoms with E-state index in [1.165, 1.54) is 0 Å². The molecule has 0 unspecified atom stereocenters. The molecular weight excluding hydrogens is 204 g/mol. The molecule has 0 aliphatic carbocycles. The normalized spacial score (nSPS) is 11.2. The number of aromatic nitrogens is 2. The molecule has 5 nitrogen and oxygen atoms in total. The first kappa shape index (κ1) is 12.7. The van der Waals surface area contributed by atoms with E-state index in [1.807, 2.05) is 0 Å². The highest BCUT2D eigenvalue weighted by Crippen LogP contribution is 2.16. The van der Waals surface area contributed by atoms with E-state index >= 15 is 0 Å². The Hall–Kier alpha value is -1.36. The van der Waals surface area contributed by atoms with Crippen molar-refractivity contribution in [3.63, 3.8) is 0 Å². The summed E-state index contributed by atoms with van der Waals surface area (Å²) in [5.74, 6) is 1.27. The Kier molecular flexibility index (Phi) is 4.49. The third-order valence-corrected chi connectivity index (χ3v) is 1.73. The predicted octanol–water partition coefficient (Wildman–Crippen LogP) is 1.27. The van der Waals surface area contributed by atoms with Crippen molar-refractivity contribution >= 4 is 5.95 Å². The molecule has 0 aliphatic rings. The first-order valence-electron chi connectivity index (χ1n) is 5.40. The number of hydrogen-bond acceptors (Lipinski definition) is 5. The number of nitrogens with two attached hydrogens (primary N) is 1. The maximum atomic E-state index is 5.55. The summed E-state index contributed by atoms with van der Waals surface area (Å²) in [6.45, 7) is 8.22. The van der Waals surface area contributed by atoms with E-state index in [0.29, 0.717) is 31.4 Å². The second-order valence-corrected chi connectivity index (χ2v) is 4.81. The average Bonchev–Trinajstić information content (AvgIpc) is 2.24. The van der Waals surface area contributed by atoms with Crippen molar-refractivity contribution in [2.75, 3.05) is 25.0 Å². The number of anilines is 1. The van der Waals surface area contributed by atoms with Gasteiger partial charge in [-0.1, -0.05) is 20.8 Å². The Labute approximate surface area is 96.4 Å². The van der Waals surface area contributed by atoms with Crippen LogP contribution in [0.5, 0.6) is 5.75 Å². The molecule has 3 N–H and O–H groups in total. The summed E-state index contributed by atoms with van der Waals surface area (Å²) in [4.78, 5) is 8.23. The van der Waals surface area contributed by atoms with Gasteiger partial charge < -0.3 is 15.8 Å². The Morgan fingerprint density at radius 1 is 1.31 bits per heavy atom. The molecule has 0 fully saturated rings. The van der Waals surface area contributed by atoms with Crippen molar-refractivity contribution in [1.29, 1.82) is 0 Å². The van der Waals surface area contributed by atoms with Crippen LogP contribution in [0.25, 0.3) is 0 Å². The van der Waals surface area contributed by atoms with Crippen molar-refractivity contribution in [2.45, 2.75) is 20.8 Å². The van der Waals surface area contributed by atoms with Gasteiger partial charge in [0.05, 0.1) is 19.0 Å². The molecule has 1 aromatic rings. The zero-order chi connectivity index (χ0) is 12.0. The summed E-state index contributed by atoms with van der Waals surface area (Å²) in [6, 6.07) is 0. The van der Waals surface area contributed by atoms with Gasteiger partial charge in [0, 0.05) is 13.1 Å². The summed E-state index contributed by atoms with van der Waals surface area (Å²) < 4.78 is 5.55. The molecule has 5 heteroatoms. The molecule has 1 heterocycles. The first-order valence-corrected chi connectivity index (χ1v) is 5.40. The van der Waals surface area contributed by atoms with E-state index in [1.54, 1.807) is 12.4 Å². The van der Waals surface area contributed by atoms with Crippen molar-refractivity contribution in [2.24, 2.45) is 11.1 Å². The molecule has 1 rings (SSSR count). The third-order valence-electron chi connectivity index (χ3n) is 1.73. The molecule has 0 bridgehead atoms. The largest absolute Gasteiger partial charge is 0.490 e. The number of hydrogen-bond donors (Lipinski definition) is 2. The zero-order valence-electron chi connectivity index (χ0n) is 10.2. The molecule has 0 atom stereocenters. The minimum Gasteiger partial charge on any atom is -0.490 e. The van der Waals surface area contributed by atoms with E-state index in [-0.39, 0.29) is 5.41 Å². The Morgan fingerprint density at radius 3 is 2.44 bits per heavy atom. The Balaban J connectivity index is 2.45. The molecule has 0 saturated carbocycles. The van der Waals surface area contributed by atoms with Gasteiger partial charge in [-0.05, 0) is 5.41 Å². The van der Waals surface area contributed by atoms with E-state index < -0.39 is 0 Å². The highest BCUT2D eigenvalue weighted by Gasteiger charge is 2.11. The average molecular weight is 224 g/mol. The van der Waals surface area contributed by atoms with Crippen LogP contribution in [0.2, 0.25) is 0 Å². The lowest BCUT2D eigenvalue weighted by atomic mass is 9.99. The molecule has 0 aromatic carbocycles. The van der Waals surface area contributed by atoms with Gasteiger partial charge in [0.25, 0.3) is 0 Å². The number of ether oxygens (including phenoxy) is 1. The summed E-state index contributed by atoms with van der Waals surface area (Å²) in [5.41, 5.74) is 5.49. The van der Waals surface area contributed by atoms with Crippen LogP contribution in [0.3, 0.4) is 0 Å². The van der Waals surface area contributed by atoms with E-state index in [2.05, 4.69) is 36.1 Å². The number of nitrogens with one attached hydrogen (secondary N) is 1. The quantitative estimate of drug-likeness (QED) is 0.788. The van der Waals surface area contributed by atoms with Gasteiger partial charge in [-0.25, -0.2) is 9.97 Å². The third kappa shape index (κ3) is 4.93. The first-order chi connectivity index (χ1) is 7.51. The van der Waals surface area contributed by atoms with E-state index in [4.69, 9.17) is 10.5 Å². The van der Waals surface area contributed by atoms with Crippen molar-refractivity contribution in [1.82, 2.24) is 9.97 Å². The van der Waals surface area contributed by atoms with Crippen LogP contribution < -0.4 is 15.8 Å². The molecule has 0 spiro atoms. The fourth-order valence-corrected chi connectivity index (χ4v) is 0.966. The van der Waals surface area contributed by atoms with Crippen LogP contribution in [-0.2, 0) is 0 Å². The fourth-order valence-electron chi connectivity index (χ4n) is 0.966. The molecule has 1 aromatic heterocycles. The highest BCUT2D eigenvalue weighted by molar-refractivity contribution is 5.26. The second-order valence-electron chi connectivity index (χ2n) is 4.81. The van der Waals surface area contributed by atoms with Crippen LogP contribution >= 0.6 is 0 Å². The topological polar surface area (TPSA) is 73.1 Å². The fraction of sp³-hybridized carbons (Fsp3) is 0.636. The lowest BCUT2D eigenvalue weighted by Crippen LogP contribution is -2.17. The van der Waals surface area contributed by atoms with Gasteiger partial charge in [0.1, 0.15) is 0 Å². The maximum Gasteiger partial charge on any atom is 0.222 e. The molecule has 0 amide bonds. The smallest absolute Gasteiger partial charge is 0.222 e. The minimum atomic E-state index is 0.135. The molecule has 0 radical (unpaired) electrons. The van der Waals surface area contributed by atoms with Gasteiger partial charge in [0.2, 0.25) is 5.95 Å². The summed E-state index contributed by atoms with van der Waals surface area (Å²) in [7, 11) is 0. The lowest BCUT2D eigenvalue weighted by molar-refractivity contribution is 0.197. The monoisotopic (exact) mass is 224 g/mol. The maximum absolute atomic E-state index is 5.55. The van der Waals surface area contributed by atoms with Crippen LogP contribution in [0.15, 0.2) is 12.4 Å². The molecule has 0 saturated heterocycles. The van der Waals surface area contributed by atoms with Crippen molar-refractivity contribution < 1.29 is 4.74 Å². The van der Waals surface area contributed by atoms with Crippen LogP contribution in [-0.4, -0.2) is 29.7 Å². The molecule has 90 valence electrons. The molecular formula is C11H20N4O. The SMILES string of the molecule is CC(C)(C)COc1cnc(NCCN)nc1. The standard InChI is InChI=1S/C11H20N4O/c1-11(2,3)8-16-9-6-14-10(15-7-9)13-5-4-12/h6-7H,4-5,8,12H2,1-3H3,(H,13,14,15). The predicted molar refractivity (Wildman–Crippen MR) is 64.5 cm³/mol. The second kappa shape index (κ2) is 5.65. The lowest BCUT2D eigenvalue weighted by Gasteiger charge is -2.18. The molecule has 16 heavy (non-hydrogen) atoms. The van der Waals surface area contributed by atoms with Gasteiger partial charge in [-0.15, -0.1) is 0 Å². The van der Waals surface area contributed by atoms with E-state index in [9.17, 15) is 0 Å². The number of rotatable bonds is 5. The number of nitrogens with zero attached hydrogens (tertiary/aromatic N) is 2. The molecule has 0 aliphatic heterocycles. The minimum absolute atomic E-state index is 0.135. The summed E-state index contributed by atoms with van der Waals surface area (Å²) >= 11 is 0. The highest BCUT2D eigenvalue weighted by atomic mass is 16.5. The van der Waals surface area contributed by atoms with E-state index in [0.717, 1.165) is 0 Å². The van der Waals surface area contributed by atoms with Crippen LogP contribution in [0, 0.1) is 5.41 Å². The zero-order valence-corrected chi connectivity index (χ0v) is 10.2. The Morgan fingerprint density at radius 2 is 1.94 bits per heavy atom. The van der Waals surface area contributed by atoms with Gasteiger partial charge in [-0.2, -0.15) is 0 Å². The van der Waals surface area contributed by atoms with Crippen LogP contribution in [0.4, 0.5) is 5.95 Å².